The Morgan fingerprint density at radius 1 is 1.47 bits per heavy atom. The summed E-state index contributed by atoms with van der Waals surface area (Å²) in [6, 6.07) is 6.40. The molecule has 88 valence electrons. The van der Waals surface area contributed by atoms with Gasteiger partial charge in [-0.1, -0.05) is 12.1 Å². The second kappa shape index (κ2) is 3.48. The summed E-state index contributed by atoms with van der Waals surface area (Å²) in [5, 5.41) is 6.07. The molecule has 2 N–H and O–H groups in total. The Kier molecular flexibility index (Phi) is 2.07. The lowest BCUT2D eigenvalue weighted by Gasteiger charge is -2.08. The molecule has 17 heavy (non-hydrogen) atoms. The third-order valence-corrected chi connectivity index (χ3v) is 3.17. The van der Waals surface area contributed by atoms with Crippen molar-refractivity contribution in [1.82, 2.24) is 9.78 Å². The Morgan fingerprint density at radius 2 is 2.29 bits per heavy atom. The van der Waals surface area contributed by atoms with Crippen molar-refractivity contribution >= 4 is 5.82 Å². The predicted octanol–water partition coefficient (Wildman–Crippen LogP) is 1.41. The van der Waals surface area contributed by atoms with Crippen LogP contribution in [0.15, 0.2) is 29.1 Å². The van der Waals surface area contributed by atoms with Gasteiger partial charge in [0.1, 0.15) is 11.6 Å². The molecule has 2 heterocycles. The van der Waals surface area contributed by atoms with E-state index in [4.69, 9.17) is 0 Å². The summed E-state index contributed by atoms with van der Waals surface area (Å²) in [7, 11) is 1.67. The Balaban J connectivity index is 2.12. The van der Waals surface area contributed by atoms with Gasteiger partial charge in [0.25, 0.3) is 5.56 Å². The van der Waals surface area contributed by atoms with Gasteiger partial charge in [0.15, 0.2) is 0 Å². The summed E-state index contributed by atoms with van der Waals surface area (Å²) >= 11 is 0. The van der Waals surface area contributed by atoms with E-state index in [1.165, 1.54) is 16.8 Å². The molecule has 0 radical (unpaired) electrons. The number of rotatable bonds is 1. The van der Waals surface area contributed by atoms with E-state index in [-0.39, 0.29) is 17.3 Å². The molecule has 0 fully saturated rings. The number of aromatic nitrogens is 2. The molecule has 5 heteroatoms. The molecular formula is C12H12FN3O. The minimum Gasteiger partial charge on any atom is -0.369 e. The fourth-order valence-electron chi connectivity index (χ4n) is 2.34. The van der Waals surface area contributed by atoms with Crippen LogP contribution in [-0.4, -0.2) is 16.3 Å². The number of anilines is 1. The SMILES string of the molecule is Cn1[nH]c2c(c1=O)C(c1cccc(F)c1)CN2. The minimum atomic E-state index is -0.275. The van der Waals surface area contributed by atoms with Gasteiger partial charge >= 0.3 is 0 Å². The van der Waals surface area contributed by atoms with Crippen molar-refractivity contribution in [2.45, 2.75) is 5.92 Å². The van der Waals surface area contributed by atoms with Crippen LogP contribution in [-0.2, 0) is 7.05 Å². The molecule has 1 aliphatic heterocycles. The molecule has 4 nitrogen and oxygen atoms in total. The lowest BCUT2D eigenvalue weighted by Crippen LogP contribution is -2.19. The van der Waals surface area contributed by atoms with Gasteiger partial charge in [-0.25, -0.2) is 4.39 Å². The highest BCUT2D eigenvalue weighted by Crippen LogP contribution is 2.32. The molecule has 2 aromatic rings. The summed E-state index contributed by atoms with van der Waals surface area (Å²) in [4.78, 5) is 11.9. The van der Waals surface area contributed by atoms with E-state index in [0.717, 1.165) is 11.4 Å². The molecule has 1 unspecified atom stereocenters. The molecule has 1 atom stereocenters. The minimum absolute atomic E-state index is 0.0562. The van der Waals surface area contributed by atoms with Crippen molar-refractivity contribution in [3.8, 4) is 0 Å². The molecule has 0 amide bonds. The smallest absolute Gasteiger partial charge is 0.272 e. The lowest BCUT2D eigenvalue weighted by atomic mass is 9.95. The maximum Gasteiger partial charge on any atom is 0.272 e. The Bertz CT molecular complexity index is 629. The average molecular weight is 233 g/mol. The fourth-order valence-corrected chi connectivity index (χ4v) is 2.34. The summed E-state index contributed by atoms with van der Waals surface area (Å²) in [6.45, 7) is 0.626. The highest BCUT2D eigenvalue weighted by atomic mass is 19.1. The van der Waals surface area contributed by atoms with Gasteiger partial charge in [0, 0.05) is 19.5 Å². The average Bonchev–Trinajstić information content (AvgIpc) is 2.81. The third kappa shape index (κ3) is 1.46. The van der Waals surface area contributed by atoms with E-state index in [1.54, 1.807) is 13.1 Å². The van der Waals surface area contributed by atoms with Gasteiger partial charge < -0.3 is 5.32 Å². The number of hydrogen-bond acceptors (Lipinski definition) is 2. The normalized spacial score (nSPS) is 17.9. The summed E-state index contributed by atoms with van der Waals surface area (Å²) < 4.78 is 14.6. The van der Waals surface area contributed by atoms with Crippen LogP contribution in [0.3, 0.4) is 0 Å². The van der Waals surface area contributed by atoms with E-state index in [9.17, 15) is 9.18 Å². The summed E-state index contributed by atoms with van der Waals surface area (Å²) in [5.74, 6) is 0.390. The largest absolute Gasteiger partial charge is 0.369 e. The van der Waals surface area contributed by atoms with Crippen LogP contribution in [0.5, 0.6) is 0 Å². The first-order valence-corrected chi connectivity index (χ1v) is 5.45. The zero-order chi connectivity index (χ0) is 12.0. The van der Waals surface area contributed by atoms with Crippen molar-refractivity contribution in [2.75, 3.05) is 11.9 Å². The van der Waals surface area contributed by atoms with Crippen molar-refractivity contribution in [3.63, 3.8) is 0 Å². The van der Waals surface area contributed by atoms with Gasteiger partial charge in [-0.3, -0.25) is 14.6 Å². The van der Waals surface area contributed by atoms with Crippen LogP contribution in [0.4, 0.5) is 10.2 Å². The van der Waals surface area contributed by atoms with Gasteiger partial charge in [-0.2, -0.15) is 0 Å². The quantitative estimate of drug-likeness (QED) is 0.782. The fraction of sp³-hybridized carbons (Fsp3) is 0.250. The second-order valence-electron chi connectivity index (χ2n) is 4.25. The van der Waals surface area contributed by atoms with Crippen molar-refractivity contribution in [3.05, 3.63) is 51.6 Å². The van der Waals surface area contributed by atoms with E-state index < -0.39 is 0 Å². The van der Waals surface area contributed by atoms with Gasteiger partial charge in [0.2, 0.25) is 0 Å². The van der Waals surface area contributed by atoms with Crippen LogP contribution >= 0.6 is 0 Å². The Labute approximate surface area is 97.1 Å². The number of H-pyrrole nitrogens is 1. The first-order chi connectivity index (χ1) is 8.16. The molecule has 0 aliphatic carbocycles. The van der Waals surface area contributed by atoms with Gasteiger partial charge in [-0.15, -0.1) is 0 Å². The molecule has 0 saturated carbocycles. The zero-order valence-corrected chi connectivity index (χ0v) is 9.33. The number of halogens is 1. The van der Waals surface area contributed by atoms with E-state index in [0.29, 0.717) is 12.1 Å². The first kappa shape index (κ1) is 10.1. The molecule has 1 aromatic carbocycles. The predicted molar refractivity (Wildman–Crippen MR) is 62.8 cm³/mol. The first-order valence-electron chi connectivity index (χ1n) is 5.45. The van der Waals surface area contributed by atoms with Crippen LogP contribution < -0.4 is 10.9 Å². The molecular weight excluding hydrogens is 221 g/mol. The lowest BCUT2D eigenvalue weighted by molar-refractivity contribution is 0.624. The Morgan fingerprint density at radius 3 is 3.06 bits per heavy atom. The topological polar surface area (TPSA) is 49.8 Å². The van der Waals surface area contributed by atoms with Crippen LogP contribution in [0.25, 0.3) is 0 Å². The molecule has 0 spiro atoms. The number of nitrogens with one attached hydrogen (secondary N) is 2. The maximum absolute atomic E-state index is 13.2. The van der Waals surface area contributed by atoms with Gasteiger partial charge in [-0.05, 0) is 17.7 Å². The number of aryl methyl sites for hydroxylation is 1. The molecule has 0 saturated heterocycles. The van der Waals surface area contributed by atoms with E-state index >= 15 is 0 Å². The summed E-state index contributed by atoms with van der Waals surface area (Å²) in [5.41, 5.74) is 1.46. The van der Waals surface area contributed by atoms with Gasteiger partial charge in [0.05, 0.1) is 5.56 Å². The number of benzene rings is 1. The molecule has 1 aromatic heterocycles. The number of fused-ring (bicyclic) bond motifs is 1. The molecule has 3 rings (SSSR count). The summed E-state index contributed by atoms with van der Waals surface area (Å²) in [6.07, 6.45) is 0. The highest BCUT2D eigenvalue weighted by Gasteiger charge is 2.29. The van der Waals surface area contributed by atoms with E-state index in [2.05, 4.69) is 10.4 Å². The highest BCUT2D eigenvalue weighted by molar-refractivity contribution is 5.55. The second-order valence-corrected chi connectivity index (χ2v) is 4.25. The van der Waals surface area contributed by atoms with Crippen molar-refractivity contribution < 1.29 is 4.39 Å². The number of aromatic amines is 1. The van der Waals surface area contributed by atoms with Crippen molar-refractivity contribution in [1.29, 1.82) is 0 Å². The van der Waals surface area contributed by atoms with Crippen molar-refractivity contribution in [2.24, 2.45) is 7.05 Å². The zero-order valence-electron chi connectivity index (χ0n) is 9.33. The molecule has 0 bridgehead atoms. The Hall–Kier alpha value is -2.04. The van der Waals surface area contributed by atoms with Crippen LogP contribution in [0.2, 0.25) is 0 Å². The standard InChI is InChI=1S/C12H12FN3O/c1-16-12(17)10-9(6-14-11(10)15-16)7-3-2-4-8(13)5-7/h2-5,9,14-15H,6H2,1H3. The monoisotopic (exact) mass is 233 g/mol. The number of hydrogen-bond donors (Lipinski definition) is 2. The van der Waals surface area contributed by atoms with Crippen LogP contribution in [0.1, 0.15) is 17.0 Å². The molecule has 1 aliphatic rings. The van der Waals surface area contributed by atoms with Crippen LogP contribution in [0, 0.1) is 5.82 Å². The maximum atomic E-state index is 13.2. The van der Waals surface area contributed by atoms with E-state index in [1.807, 2.05) is 6.07 Å². The third-order valence-electron chi connectivity index (χ3n) is 3.17. The number of nitrogens with zero attached hydrogens (tertiary/aromatic N) is 1.